The molecule has 1 aromatic rings. The van der Waals surface area contributed by atoms with E-state index in [9.17, 15) is 4.79 Å². The maximum absolute atomic E-state index is 10.2. The third-order valence-electron chi connectivity index (χ3n) is 1.41. The van der Waals surface area contributed by atoms with Crippen molar-refractivity contribution in [2.24, 2.45) is 5.73 Å². The number of ether oxygens (including phenoxy) is 1. The summed E-state index contributed by atoms with van der Waals surface area (Å²) in [6.07, 6.45) is -0.991. The van der Waals surface area contributed by atoms with E-state index in [4.69, 9.17) is 15.6 Å². The molecule has 3 N–H and O–H groups in total. The standard InChI is InChI=1S/C9H11NO3/c10-8(6-9(11)12)13-7-4-2-1-3-5-7/h1-5,8H,6,10H2,(H,11,12). The fourth-order valence-corrected chi connectivity index (χ4v) is 0.888. The molecule has 4 nitrogen and oxygen atoms in total. The van der Waals surface area contributed by atoms with Crippen LogP contribution in [0.1, 0.15) is 6.42 Å². The number of carboxylic acid groups (broad SMARTS) is 1. The van der Waals surface area contributed by atoms with Crippen LogP contribution in [0.3, 0.4) is 0 Å². The Bertz CT molecular complexity index is 273. The molecule has 0 saturated carbocycles. The first-order valence-corrected chi connectivity index (χ1v) is 3.87. The number of carbonyl (C=O) groups is 1. The molecule has 0 bridgehead atoms. The van der Waals surface area contributed by atoms with Crippen molar-refractivity contribution in [3.05, 3.63) is 30.3 Å². The minimum Gasteiger partial charge on any atom is -0.481 e. The van der Waals surface area contributed by atoms with Gasteiger partial charge >= 0.3 is 5.97 Å². The molecule has 0 fully saturated rings. The summed E-state index contributed by atoms with van der Waals surface area (Å²) in [5.41, 5.74) is 5.40. The van der Waals surface area contributed by atoms with Crippen molar-refractivity contribution in [1.82, 2.24) is 0 Å². The van der Waals surface area contributed by atoms with Crippen LogP contribution in [-0.4, -0.2) is 17.3 Å². The van der Waals surface area contributed by atoms with Crippen LogP contribution in [0.25, 0.3) is 0 Å². The molecule has 1 unspecified atom stereocenters. The smallest absolute Gasteiger partial charge is 0.308 e. The normalized spacial score (nSPS) is 12.1. The summed E-state index contributed by atoms with van der Waals surface area (Å²) >= 11 is 0. The SMILES string of the molecule is NC(CC(=O)O)Oc1ccccc1. The molecule has 0 saturated heterocycles. The highest BCUT2D eigenvalue weighted by molar-refractivity contribution is 5.67. The van der Waals surface area contributed by atoms with Gasteiger partial charge in [-0.25, -0.2) is 0 Å². The summed E-state index contributed by atoms with van der Waals surface area (Å²) in [7, 11) is 0. The van der Waals surface area contributed by atoms with Gasteiger partial charge in [0.1, 0.15) is 5.75 Å². The van der Waals surface area contributed by atoms with E-state index in [-0.39, 0.29) is 6.42 Å². The fourth-order valence-electron chi connectivity index (χ4n) is 0.888. The molecule has 1 atom stereocenters. The van der Waals surface area contributed by atoms with Crippen LogP contribution >= 0.6 is 0 Å². The first-order chi connectivity index (χ1) is 6.18. The number of hydrogen-bond acceptors (Lipinski definition) is 3. The molecule has 0 amide bonds. The molecule has 0 aliphatic heterocycles. The average molecular weight is 181 g/mol. The Morgan fingerprint density at radius 3 is 2.62 bits per heavy atom. The van der Waals surface area contributed by atoms with E-state index < -0.39 is 12.2 Å². The van der Waals surface area contributed by atoms with E-state index in [2.05, 4.69) is 0 Å². The van der Waals surface area contributed by atoms with Crippen LogP contribution in [0.2, 0.25) is 0 Å². The second kappa shape index (κ2) is 4.47. The zero-order chi connectivity index (χ0) is 9.68. The molecule has 0 aliphatic rings. The van der Waals surface area contributed by atoms with Gasteiger partial charge in [-0.3, -0.25) is 10.5 Å². The minimum atomic E-state index is -0.969. The molecule has 1 rings (SSSR count). The quantitative estimate of drug-likeness (QED) is 0.674. The van der Waals surface area contributed by atoms with Gasteiger partial charge in [0, 0.05) is 0 Å². The maximum atomic E-state index is 10.2. The highest BCUT2D eigenvalue weighted by atomic mass is 16.5. The van der Waals surface area contributed by atoms with E-state index in [1.807, 2.05) is 6.07 Å². The van der Waals surface area contributed by atoms with E-state index in [1.165, 1.54) is 0 Å². The second-order valence-corrected chi connectivity index (χ2v) is 2.57. The topological polar surface area (TPSA) is 72.6 Å². The Balaban J connectivity index is 2.45. The predicted molar refractivity (Wildman–Crippen MR) is 47.3 cm³/mol. The van der Waals surface area contributed by atoms with Crippen molar-refractivity contribution in [3.63, 3.8) is 0 Å². The number of nitrogens with two attached hydrogens (primary N) is 1. The molecule has 0 aromatic heterocycles. The predicted octanol–water partition coefficient (Wildman–Crippen LogP) is 0.825. The molecule has 13 heavy (non-hydrogen) atoms. The van der Waals surface area contributed by atoms with Crippen LogP contribution in [0.4, 0.5) is 0 Å². The molecule has 70 valence electrons. The molecule has 0 heterocycles. The van der Waals surface area contributed by atoms with Crippen LogP contribution in [0.5, 0.6) is 5.75 Å². The molecule has 0 spiro atoms. The third-order valence-corrected chi connectivity index (χ3v) is 1.41. The van der Waals surface area contributed by atoms with Crippen molar-refractivity contribution in [1.29, 1.82) is 0 Å². The van der Waals surface area contributed by atoms with Crippen LogP contribution in [0.15, 0.2) is 30.3 Å². The second-order valence-electron chi connectivity index (χ2n) is 2.57. The summed E-state index contributed by atoms with van der Waals surface area (Å²) in [6.45, 7) is 0. The van der Waals surface area contributed by atoms with Crippen molar-refractivity contribution < 1.29 is 14.6 Å². The third kappa shape index (κ3) is 3.57. The average Bonchev–Trinajstić information content (AvgIpc) is 2.04. The maximum Gasteiger partial charge on any atom is 0.308 e. The van der Waals surface area contributed by atoms with Crippen LogP contribution < -0.4 is 10.5 Å². The molecular formula is C9H11NO3. The zero-order valence-corrected chi connectivity index (χ0v) is 7.01. The van der Waals surface area contributed by atoms with Gasteiger partial charge in [-0.1, -0.05) is 18.2 Å². The Morgan fingerprint density at radius 2 is 2.08 bits per heavy atom. The lowest BCUT2D eigenvalue weighted by Crippen LogP contribution is -2.29. The monoisotopic (exact) mass is 181 g/mol. The number of para-hydroxylation sites is 1. The van der Waals surface area contributed by atoms with Gasteiger partial charge in [-0.2, -0.15) is 0 Å². The van der Waals surface area contributed by atoms with Crippen molar-refractivity contribution in [3.8, 4) is 5.75 Å². The van der Waals surface area contributed by atoms with Gasteiger partial charge in [-0.15, -0.1) is 0 Å². The zero-order valence-electron chi connectivity index (χ0n) is 7.01. The Labute approximate surface area is 75.9 Å². The number of hydrogen-bond donors (Lipinski definition) is 2. The van der Waals surface area contributed by atoms with Crippen molar-refractivity contribution in [2.45, 2.75) is 12.6 Å². The largest absolute Gasteiger partial charge is 0.481 e. The highest BCUT2D eigenvalue weighted by Gasteiger charge is 2.08. The lowest BCUT2D eigenvalue weighted by Gasteiger charge is -2.11. The van der Waals surface area contributed by atoms with Gasteiger partial charge in [0.15, 0.2) is 6.23 Å². The Morgan fingerprint density at radius 1 is 1.46 bits per heavy atom. The molecule has 1 aromatic carbocycles. The number of aliphatic carboxylic acids is 1. The summed E-state index contributed by atoms with van der Waals surface area (Å²) < 4.78 is 5.12. The molecular weight excluding hydrogens is 170 g/mol. The van der Waals surface area contributed by atoms with Gasteiger partial charge in [0.25, 0.3) is 0 Å². The Hall–Kier alpha value is -1.55. The molecule has 4 heteroatoms. The van der Waals surface area contributed by atoms with Crippen LogP contribution in [0, 0.1) is 0 Å². The van der Waals surface area contributed by atoms with E-state index in [1.54, 1.807) is 24.3 Å². The number of benzene rings is 1. The summed E-state index contributed by atoms with van der Waals surface area (Å²) in [6, 6.07) is 8.88. The van der Waals surface area contributed by atoms with Crippen molar-refractivity contribution >= 4 is 5.97 Å². The lowest BCUT2D eigenvalue weighted by atomic mass is 10.3. The lowest BCUT2D eigenvalue weighted by molar-refractivity contribution is -0.138. The summed E-state index contributed by atoms with van der Waals surface area (Å²) in [5.74, 6) is -0.389. The summed E-state index contributed by atoms with van der Waals surface area (Å²) in [4.78, 5) is 10.2. The van der Waals surface area contributed by atoms with Crippen LogP contribution in [-0.2, 0) is 4.79 Å². The van der Waals surface area contributed by atoms with E-state index in [0.29, 0.717) is 5.75 Å². The van der Waals surface area contributed by atoms with E-state index >= 15 is 0 Å². The Kier molecular flexibility index (Phi) is 3.28. The van der Waals surface area contributed by atoms with Gasteiger partial charge in [0.05, 0.1) is 6.42 Å². The van der Waals surface area contributed by atoms with Crippen molar-refractivity contribution in [2.75, 3.05) is 0 Å². The van der Waals surface area contributed by atoms with E-state index in [0.717, 1.165) is 0 Å². The molecule has 0 radical (unpaired) electrons. The fraction of sp³-hybridized carbons (Fsp3) is 0.222. The van der Waals surface area contributed by atoms with Gasteiger partial charge in [-0.05, 0) is 12.1 Å². The first kappa shape index (κ1) is 9.54. The summed E-state index contributed by atoms with van der Waals surface area (Å²) in [5, 5.41) is 8.40. The van der Waals surface area contributed by atoms with Gasteiger partial charge < -0.3 is 9.84 Å². The first-order valence-electron chi connectivity index (χ1n) is 3.87. The number of rotatable bonds is 4. The number of carboxylic acids is 1. The molecule has 0 aliphatic carbocycles. The van der Waals surface area contributed by atoms with Gasteiger partial charge in [0.2, 0.25) is 0 Å². The minimum absolute atomic E-state index is 0.200. The highest BCUT2D eigenvalue weighted by Crippen LogP contribution is 2.10.